The summed E-state index contributed by atoms with van der Waals surface area (Å²) in [5, 5.41) is 0. The van der Waals surface area contributed by atoms with E-state index < -0.39 is 0 Å². The van der Waals surface area contributed by atoms with E-state index in [1.54, 1.807) is 24.3 Å². The molecule has 4 nitrogen and oxygen atoms in total. The lowest BCUT2D eigenvalue weighted by Gasteiger charge is -2.32. The molecule has 4 rings (SSSR count). The molecule has 6 heteroatoms. The fourth-order valence-electron chi connectivity index (χ4n) is 4.24. The van der Waals surface area contributed by atoms with Gasteiger partial charge in [0, 0.05) is 37.9 Å². The van der Waals surface area contributed by atoms with Gasteiger partial charge in [-0.3, -0.25) is 4.79 Å². The van der Waals surface area contributed by atoms with E-state index in [-0.39, 0.29) is 24.0 Å². The smallest absolute Gasteiger partial charge is 0.226 e. The van der Waals surface area contributed by atoms with Crippen molar-refractivity contribution in [1.29, 1.82) is 0 Å². The molecule has 1 fully saturated rings. The third-order valence-electron chi connectivity index (χ3n) is 6.07. The van der Waals surface area contributed by atoms with Gasteiger partial charge in [0.2, 0.25) is 5.91 Å². The maximum absolute atomic E-state index is 13.4. The largest absolute Gasteiger partial charge is 0.342 e. The minimum atomic E-state index is -0.310. The number of rotatable bonds is 6. The summed E-state index contributed by atoms with van der Waals surface area (Å²) in [7, 11) is 0. The van der Waals surface area contributed by atoms with Gasteiger partial charge < -0.3 is 9.47 Å². The highest BCUT2D eigenvalue weighted by atomic mass is 19.1. The molecule has 0 aliphatic carbocycles. The highest BCUT2D eigenvalue weighted by Crippen LogP contribution is 2.23. The third-order valence-corrected chi connectivity index (χ3v) is 6.07. The Morgan fingerprint density at radius 2 is 1.77 bits per heavy atom. The maximum atomic E-state index is 13.4. The molecule has 3 aromatic rings. The van der Waals surface area contributed by atoms with Crippen molar-refractivity contribution in [3.63, 3.8) is 0 Å². The summed E-state index contributed by atoms with van der Waals surface area (Å²) in [6, 6.07) is 12.8. The van der Waals surface area contributed by atoms with Crippen LogP contribution in [0.4, 0.5) is 8.78 Å². The molecular formula is C25H27F2N3O. The first-order valence-electron chi connectivity index (χ1n) is 10.8. The number of imidazole rings is 1. The highest BCUT2D eigenvalue weighted by Gasteiger charge is 2.24. The van der Waals surface area contributed by atoms with Crippen LogP contribution in [0.3, 0.4) is 0 Å². The van der Waals surface area contributed by atoms with Crippen LogP contribution in [-0.2, 0) is 24.2 Å². The van der Waals surface area contributed by atoms with Gasteiger partial charge in [-0.05, 0) is 61.1 Å². The number of halogens is 2. The molecule has 31 heavy (non-hydrogen) atoms. The zero-order valence-corrected chi connectivity index (χ0v) is 17.7. The molecule has 1 aromatic heterocycles. The predicted molar refractivity (Wildman–Crippen MR) is 116 cm³/mol. The van der Waals surface area contributed by atoms with Gasteiger partial charge >= 0.3 is 0 Å². The summed E-state index contributed by atoms with van der Waals surface area (Å²) in [6.07, 6.45) is 4.84. The van der Waals surface area contributed by atoms with E-state index in [9.17, 15) is 13.6 Å². The van der Waals surface area contributed by atoms with Crippen LogP contribution in [0, 0.1) is 24.5 Å². The standard InChI is InChI=1S/C25H27F2N3O/c1-18-16-28-24(30(18)17-20-5-7-22(26)8-6-20)14-19-9-11-29(12-10-19)25(31)15-21-3-2-4-23(27)13-21/h2-8,13,16,19H,9-12,14-15,17H2,1H3. The van der Waals surface area contributed by atoms with Crippen molar-refractivity contribution in [2.24, 2.45) is 5.92 Å². The lowest BCUT2D eigenvalue weighted by Crippen LogP contribution is -2.39. The van der Waals surface area contributed by atoms with Crippen molar-refractivity contribution < 1.29 is 13.6 Å². The first-order valence-corrected chi connectivity index (χ1v) is 10.8. The van der Waals surface area contributed by atoms with Crippen LogP contribution in [0.2, 0.25) is 0 Å². The van der Waals surface area contributed by atoms with Gasteiger partial charge in [-0.25, -0.2) is 13.8 Å². The Morgan fingerprint density at radius 1 is 1.03 bits per heavy atom. The number of aryl methyl sites for hydroxylation is 1. The van der Waals surface area contributed by atoms with Crippen LogP contribution in [0.1, 0.15) is 35.5 Å². The predicted octanol–water partition coefficient (Wildman–Crippen LogP) is 4.54. The summed E-state index contributed by atoms with van der Waals surface area (Å²) in [5.41, 5.74) is 2.84. The fourth-order valence-corrected chi connectivity index (χ4v) is 4.24. The quantitative estimate of drug-likeness (QED) is 0.584. The molecule has 1 aliphatic heterocycles. The SMILES string of the molecule is Cc1cnc(CC2CCN(C(=O)Cc3cccc(F)c3)CC2)n1Cc1ccc(F)cc1. The molecule has 0 bridgehead atoms. The number of likely N-dealkylation sites (tertiary alicyclic amines) is 1. The third kappa shape index (κ3) is 5.37. The van der Waals surface area contributed by atoms with Crippen molar-refractivity contribution in [3.8, 4) is 0 Å². The number of aromatic nitrogens is 2. The van der Waals surface area contributed by atoms with Gasteiger partial charge in [0.25, 0.3) is 0 Å². The van der Waals surface area contributed by atoms with E-state index in [4.69, 9.17) is 0 Å². The summed E-state index contributed by atoms with van der Waals surface area (Å²) >= 11 is 0. The molecule has 0 unspecified atom stereocenters. The number of amides is 1. The van der Waals surface area contributed by atoms with Gasteiger partial charge in [0.15, 0.2) is 0 Å². The van der Waals surface area contributed by atoms with Crippen molar-refractivity contribution in [2.75, 3.05) is 13.1 Å². The Labute approximate surface area is 181 Å². The van der Waals surface area contributed by atoms with Crippen LogP contribution in [0.5, 0.6) is 0 Å². The number of carbonyl (C=O) groups is 1. The molecule has 2 heterocycles. The first kappa shape index (κ1) is 21.2. The van der Waals surface area contributed by atoms with Gasteiger partial charge in [-0.2, -0.15) is 0 Å². The van der Waals surface area contributed by atoms with Gasteiger partial charge in [0.1, 0.15) is 17.5 Å². The van der Waals surface area contributed by atoms with Crippen LogP contribution in [0.25, 0.3) is 0 Å². The average molecular weight is 424 g/mol. The summed E-state index contributed by atoms with van der Waals surface area (Å²) in [5.74, 6) is 1.01. The van der Waals surface area contributed by atoms with E-state index in [0.29, 0.717) is 18.0 Å². The monoisotopic (exact) mass is 423 g/mol. The lowest BCUT2D eigenvalue weighted by atomic mass is 9.92. The van der Waals surface area contributed by atoms with Crippen molar-refractivity contribution in [2.45, 2.75) is 39.2 Å². The fraction of sp³-hybridized carbons (Fsp3) is 0.360. The second-order valence-electron chi connectivity index (χ2n) is 8.36. The van der Waals surface area contributed by atoms with E-state index >= 15 is 0 Å². The molecule has 0 spiro atoms. The maximum Gasteiger partial charge on any atom is 0.226 e. The van der Waals surface area contributed by atoms with Crippen LogP contribution >= 0.6 is 0 Å². The molecule has 1 aliphatic rings. The van der Waals surface area contributed by atoms with Crippen molar-refractivity contribution in [3.05, 3.63) is 89.0 Å². The van der Waals surface area contributed by atoms with Gasteiger partial charge in [-0.1, -0.05) is 24.3 Å². The van der Waals surface area contributed by atoms with E-state index in [1.165, 1.54) is 24.3 Å². The first-order chi connectivity index (χ1) is 15.0. The summed E-state index contributed by atoms with van der Waals surface area (Å²) < 4.78 is 28.7. The van der Waals surface area contributed by atoms with E-state index in [1.807, 2.05) is 18.0 Å². The Kier molecular flexibility index (Phi) is 6.44. The second-order valence-corrected chi connectivity index (χ2v) is 8.36. The number of piperidine rings is 1. The molecule has 0 atom stereocenters. The van der Waals surface area contributed by atoms with Gasteiger partial charge in [0.05, 0.1) is 6.42 Å². The van der Waals surface area contributed by atoms with Crippen molar-refractivity contribution >= 4 is 5.91 Å². The van der Waals surface area contributed by atoms with E-state index in [0.717, 1.165) is 49.4 Å². The minimum absolute atomic E-state index is 0.0534. The number of benzene rings is 2. The zero-order valence-electron chi connectivity index (χ0n) is 17.7. The van der Waals surface area contributed by atoms with Gasteiger partial charge in [-0.15, -0.1) is 0 Å². The molecule has 162 valence electrons. The molecule has 1 saturated heterocycles. The molecule has 2 aromatic carbocycles. The molecule has 0 radical (unpaired) electrons. The number of hydrogen-bond acceptors (Lipinski definition) is 2. The summed E-state index contributed by atoms with van der Waals surface area (Å²) in [6.45, 7) is 4.15. The molecule has 1 amide bonds. The Morgan fingerprint density at radius 3 is 2.48 bits per heavy atom. The van der Waals surface area contributed by atoms with Crippen LogP contribution < -0.4 is 0 Å². The Balaban J connectivity index is 1.33. The number of carbonyl (C=O) groups excluding carboxylic acids is 1. The minimum Gasteiger partial charge on any atom is -0.342 e. The molecule has 0 saturated carbocycles. The zero-order chi connectivity index (χ0) is 21.8. The highest BCUT2D eigenvalue weighted by molar-refractivity contribution is 5.78. The Bertz CT molecular complexity index is 1040. The topological polar surface area (TPSA) is 38.1 Å². The average Bonchev–Trinajstić information content (AvgIpc) is 3.09. The number of hydrogen-bond donors (Lipinski definition) is 0. The van der Waals surface area contributed by atoms with Crippen LogP contribution in [-0.4, -0.2) is 33.4 Å². The molecular weight excluding hydrogens is 396 g/mol. The number of nitrogens with zero attached hydrogens (tertiary/aromatic N) is 3. The Hall–Kier alpha value is -3.02. The van der Waals surface area contributed by atoms with Crippen LogP contribution in [0.15, 0.2) is 54.7 Å². The van der Waals surface area contributed by atoms with E-state index in [2.05, 4.69) is 9.55 Å². The summed E-state index contributed by atoms with van der Waals surface area (Å²) in [4.78, 5) is 19.1. The normalized spacial score (nSPS) is 14.7. The molecule has 0 N–H and O–H groups in total. The lowest BCUT2D eigenvalue weighted by molar-refractivity contribution is -0.131. The second kappa shape index (κ2) is 9.41. The van der Waals surface area contributed by atoms with Crippen molar-refractivity contribution in [1.82, 2.24) is 14.5 Å².